The summed E-state index contributed by atoms with van der Waals surface area (Å²) in [4.78, 5) is 9.94. The van der Waals surface area contributed by atoms with Crippen molar-refractivity contribution >= 4 is 5.69 Å². The van der Waals surface area contributed by atoms with Gasteiger partial charge in [0.05, 0.1) is 23.7 Å². The Hall–Kier alpha value is -1.69. The molecule has 1 aromatic rings. The van der Waals surface area contributed by atoms with Crippen molar-refractivity contribution in [3.8, 4) is 5.75 Å². The van der Waals surface area contributed by atoms with E-state index >= 15 is 0 Å². The van der Waals surface area contributed by atoms with Crippen LogP contribution < -0.4 is 4.74 Å². The minimum absolute atomic E-state index is 0.202. The molecule has 5 nitrogen and oxygen atoms in total. The van der Waals surface area contributed by atoms with Crippen molar-refractivity contribution in [2.45, 2.75) is 12.8 Å². The van der Waals surface area contributed by atoms with Crippen LogP contribution in [0.3, 0.4) is 0 Å². The number of nitro benzene ring substituents is 1. The van der Waals surface area contributed by atoms with Gasteiger partial charge in [-0.2, -0.15) is 0 Å². The van der Waals surface area contributed by atoms with Crippen LogP contribution in [-0.2, 0) is 4.74 Å². The summed E-state index contributed by atoms with van der Waals surface area (Å²) in [7, 11) is 0. The molecule has 1 saturated heterocycles. The lowest BCUT2D eigenvalue weighted by atomic mass is 10.0. The lowest BCUT2D eigenvalue weighted by Gasteiger charge is -2.21. The molecule has 0 atom stereocenters. The van der Waals surface area contributed by atoms with Crippen LogP contribution in [0.4, 0.5) is 10.1 Å². The molecule has 1 fully saturated rings. The van der Waals surface area contributed by atoms with Crippen LogP contribution in [0.25, 0.3) is 0 Å². The number of benzene rings is 1. The summed E-state index contributed by atoms with van der Waals surface area (Å²) in [5.74, 6) is -0.0968. The van der Waals surface area contributed by atoms with Gasteiger partial charge in [-0.3, -0.25) is 10.1 Å². The molecule has 1 aromatic carbocycles. The molecule has 18 heavy (non-hydrogen) atoms. The molecule has 0 unspecified atom stereocenters. The van der Waals surface area contributed by atoms with Crippen LogP contribution in [0.1, 0.15) is 12.8 Å². The highest BCUT2D eigenvalue weighted by molar-refractivity contribution is 5.38. The second-order valence-corrected chi connectivity index (χ2v) is 4.27. The van der Waals surface area contributed by atoms with Crippen molar-refractivity contribution < 1.29 is 18.8 Å². The Morgan fingerprint density at radius 3 is 2.78 bits per heavy atom. The van der Waals surface area contributed by atoms with Crippen molar-refractivity contribution in [2.75, 3.05) is 19.8 Å². The van der Waals surface area contributed by atoms with E-state index in [1.54, 1.807) is 0 Å². The van der Waals surface area contributed by atoms with Gasteiger partial charge in [-0.25, -0.2) is 4.39 Å². The Balaban J connectivity index is 1.97. The van der Waals surface area contributed by atoms with Crippen molar-refractivity contribution in [3.05, 3.63) is 34.1 Å². The molecule has 0 spiro atoms. The van der Waals surface area contributed by atoms with E-state index in [9.17, 15) is 14.5 Å². The van der Waals surface area contributed by atoms with Crippen LogP contribution in [0.5, 0.6) is 5.75 Å². The molecule has 1 heterocycles. The Labute approximate surface area is 104 Å². The molecule has 0 N–H and O–H groups in total. The van der Waals surface area contributed by atoms with Gasteiger partial charge >= 0.3 is 0 Å². The Bertz CT molecular complexity index is 432. The van der Waals surface area contributed by atoms with Crippen LogP contribution in [0.15, 0.2) is 18.2 Å². The van der Waals surface area contributed by atoms with Crippen molar-refractivity contribution in [1.29, 1.82) is 0 Å². The van der Waals surface area contributed by atoms with E-state index in [-0.39, 0.29) is 11.4 Å². The summed E-state index contributed by atoms with van der Waals surface area (Å²) in [5.41, 5.74) is -0.294. The maximum absolute atomic E-state index is 13.1. The zero-order chi connectivity index (χ0) is 13.0. The molecular weight excluding hydrogens is 241 g/mol. The molecule has 0 aromatic heterocycles. The Morgan fingerprint density at radius 2 is 2.11 bits per heavy atom. The van der Waals surface area contributed by atoms with Gasteiger partial charge in [0, 0.05) is 19.3 Å². The molecule has 0 radical (unpaired) electrons. The number of rotatable bonds is 4. The van der Waals surface area contributed by atoms with E-state index < -0.39 is 10.7 Å². The van der Waals surface area contributed by atoms with Gasteiger partial charge in [0.25, 0.3) is 5.69 Å². The number of nitrogens with zero attached hydrogens (tertiary/aromatic N) is 1. The summed E-state index contributed by atoms with van der Waals surface area (Å²) in [6.45, 7) is 1.85. The quantitative estimate of drug-likeness (QED) is 0.612. The molecule has 98 valence electrons. The largest absolute Gasteiger partial charge is 0.493 e. The lowest BCUT2D eigenvalue weighted by Crippen LogP contribution is -2.21. The third kappa shape index (κ3) is 3.40. The maximum Gasteiger partial charge on any atom is 0.276 e. The van der Waals surface area contributed by atoms with Gasteiger partial charge in [-0.05, 0) is 18.8 Å². The average Bonchev–Trinajstić information content (AvgIpc) is 2.37. The minimum Gasteiger partial charge on any atom is -0.493 e. The van der Waals surface area contributed by atoms with E-state index in [2.05, 4.69) is 0 Å². The second-order valence-electron chi connectivity index (χ2n) is 4.27. The van der Waals surface area contributed by atoms with Crippen LogP contribution >= 0.6 is 0 Å². The van der Waals surface area contributed by atoms with Crippen LogP contribution in [-0.4, -0.2) is 24.7 Å². The zero-order valence-electron chi connectivity index (χ0n) is 9.80. The molecule has 2 rings (SSSR count). The molecule has 0 saturated carbocycles. The van der Waals surface area contributed by atoms with E-state index in [4.69, 9.17) is 9.47 Å². The number of nitro groups is 1. The van der Waals surface area contributed by atoms with Crippen LogP contribution in [0.2, 0.25) is 0 Å². The third-order valence-corrected chi connectivity index (χ3v) is 2.89. The SMILES string of the molecule is O=[N+]([O-])c1cc(F)cc(OCC2CCOCC2)c1. The summed E-state index contributed by atoms with van der Waals surface area (Å²) in [5, 5.41) is 10.6. The molecule has 0 amide bonds. The number of hydrogen-bond donors (Lipinski definition) is 0. The van der Waals surface area contributed by atoms with Crippen LogP contribution in [0, 0.1) is 21.8 Å². The predicted octanol–water partition coefficient (Wildman–Crippen LogP) is 2.54. The fourth-order valence-corrected chi connectivity index (χ4v) is 1.86. The normalized spacial score (nSPS) is 16.5. The molecular formula is C12H14FNO4. The number of hydrogen-bond acceptors (Lipinski definition) is 4. The molecule has 1 aliphatic rings. The lowest BCUT2D eigenvalue weighted by molar-refractivity contribution is -0.385. The highest BCUT2D eigenvalue weighted by atomic mass is 19.1. The fourth-order valence-electron chi connectivity index (χ4n) is 1.86. The van der Waals surface area contributed by atoms with Gasteiger partial charge in [0.2, 0.25) is 0 Å². The van der Waals surface area contributed by atoms with E-state index in [1.807, 2.05) is 0 Å². The summed E-state index contributed by atoms with van der Waals surface area (Å²) in [6.07, 6.45) is 1.80. The first-order chi connectivity index (χ1) is 8.65. The molecule has 0 bridgehead atoms. The maximum atomic E-state index is 13.1. The molecule has 1 aliphatic heterocycles. The summed E-state index contributed by atoms with van der Waals surface area (Å²) >= 11 is 0. The van der Waals surface area contributed by atoms with E-state index in [0.29, 0.717) is 25.7 Å². The van der Waals surface area contributed by atoms with E-state index in [1.165, 1.54) is 6.07 Å². The van der Waals surface area contributed by atoms with Gasteiger partial charge in [0.1, 0.15) is 11.6 Å². The van der Waals surface area contributed by atoms with Crippen molar-refractivity contribution in [2.24, 2.45) is 5.92 Å². The monoisotopic (exact) mass is 255 g/mol. The minimum atomic E-state index is -0.661. The average molecular weight is 255 g/mol. The highest BCUT2D eigenvalue weighted by Crippen LogP contribution is 2.23. The topological polar surface area (TPSA) is 61.6 Å². The smallest absolute Gasteiger partial charge is 0.276 e. The number of non-ortho nitro benzene ring substituents is 1. The van der Waals surface area contributed by atoms with Gasteiger partial charge in [0.15, 0.2) is 0 Å². The standard InChI is InChI=1S/C12H14FNO4/c13-10-5-11(14(15)16)7-12(6-10)18-8-9-1-3-17-4-2-9/h5-7,9H,1-4,8H2. The van der Waals surface area contributed by atoms with E-state index in [0.717, 1.165) is 25.0 Å². The van der Waals surface area contributed by atoms with Crippen molar-refractivity contribution in [3.63, 3.8) is 0 Å². The number of halogens is 1. The van der Waals surface area contributed by atoms with Gasteiger partial charge in [-0.1, -0.05) is 0 Å². The Kier molecular flexibility index (Phi) is 4.09. The zero-order valence-corrected chi connectivity index (χ0v) is 9.80. The Morgan fingerprint density at radius 1 is 1.39 bits per heavy atom. The predicted molar refractivity (Wildman–Crippen MR) is 62.1 cm³/mol. The third-order valence-electron chi connectivity index (χ3n) is 2.89. The molecule has 0 aliphatic carbocycles. The first-order valence-corrected chi connectivity index (χ1v) is 5.80. The molecule has 6 heteroatoms. The van der Waals surface area contributed by atoms with Gasteiger partial charge in [-0.15, -0.1) is 0 Å². The number of ether oxygens (including phenoxy) is 2. The van der Waals surface area contributed by atoms with Gasteiger partial charge < -0.3 is 9.47 Å². The summed E-state index contributed by atoms with van der Waals surface area (Å²) in [6, 6.07) is 3.27. The fraction of sp³-hybridized carbons (Fsp3) is 0.500. The second kappa shape index (κ2) is 5.77. The summed E-state index contributed by atoms with van der Waals surface area (Å²) < 4.78 is 23.8. The van der Waals surface area contributed by atoms with Crippen molar-refractivity contribution in [1.82, 2.24) is 0 Å². The first kappa shape index (κ1) is 12.8. The first-order valence-electron chi connectivity index (χ1n) is 5.80. The highest BCUT2D eigenvalue weighted by Gasteiger charge is 2.16.